The number of aliphatic hydroxyl groups is 1. The van der Waals surface area contributed by atoms with E-state index in [1.54, 1.807) is 6.92 Å². The zero-order valence-corrected chi connectivity index (χ0v) is 24.8. The summed E-state index contributed by atoms with van der Waals surface area (Å²) in [5, 5.41) is 14.3. The van der Waals surface area contributed by atoms with Crippen molar-refractivity contribution in [2.24, 2.45) is 23.7 Å². The van der Waals surface area contributed by atoms with Crippen LogP contribution in [0.2, 0.25) is 0 Å². The van der Waals surface area contributed by atoms with Crippen molar-refractivity contribution in [1.29, 1.82) is 0 Å². The second kappa shape index (κ2) is 13.7. The van der Waals surface area contributed by atoms with Gasteiger partial charge in [-0.3, -0.25) is 0 Å². The van der Waals surface area contributed by atoms with Crippen LogP contribution in [0.15, 0.2) is 62.3 Å². The van der Waals surface area contributed by atoms with Gasteiger partial charge >= 0.3 is 18.2 Å². The van der Waals surface area contributed by atoms with Crippen molar-refractivity contribution in [2.45, 2.75) is 76.8 Å². The molecule has 0 unspecified atom stereocenters. The van der Waals surface area contributed by atoms with E-state index in [0.29, 0.717) is 36.7 Å². The lowest BCUT2D eigenvalue weighted by atomic mass is 9.61. The van der Waals surface area contributed by atoms with Gasteiger partial charge in [0.1, 0.15) is 6.10 Å². The smallest absolute Gasteiger partial charge is 0.418 e. The number of fused-ring (bicyclic) bond motifs is 5. The average molecular weight is 570 g/mol. The number of carbonyl (C=O) groups is 3. The van der Waals surface area contributed by atoms with Crippen LogP contribution in [-0.4, -0.2) is 76.6 Å². The van der Waals surface area contributed by atoms with Gasteiger partial charge in [0, 0.05) is 12.5 Å². The minimum Gasteiger partial charge on any atom is -0.441 e. The summed E-state index contributed by atoms with van der Waals surface area (Å²) in [6.45, 7) is 25.5. The van der Waals surface area contributed by atoms with Gasteiger partial charge in [-0.05, 0) is 62.4 Å². The van der Waals surface area contributed by atoms with Crippen LogP contribution in [0.3, 0.4) is 0 Å². The van der Waals surface area contributed by atoms with Crippen molar-refractivity contribution < 1.29 is 29.0 Å². The predicted molar refractivity (Wildman–Crippen MR) is 159 cm³/mol. The number of nitrogens with zero attached hydrogens (tertiary/aromatic N) is 2. The molecule has 0 aromatic rings. The number of hydrogen-bond donors (Lipinski definition) is 2. The van der Waals surface area contributed by atoms with Crippen LogP contribution in [0.25, 0.3) is 0 Å². The third-order valence-corrected chi connectivity index (χ3v) is 8.74. The highest BCUT2D eigenvalue weighted by atomic mass is 16.6. The van der Waals surface area contributed by atoms with Gasteiger partial charge in [0.15, 0.2) is 0 Å². The molecule has 9 nitrogen and oxygen atoms in total. The van der Waals surface area contributed by atoms with Gasteiger partial charge in [0.05, 0.1) is 30.9 Å². The molecule has 0 aromatic heterocycles. The Bertz CT molecular complexity index is 1070. The predicted octanol–water partition coefficient (Wildman–Crippen LogP) is 5.60. The van der Waals surface area contributed by atoms with Crippen molar-refractivity contribution in [2.75, 3.05) is 19.6 Å². The van der Waals surface area contributed by atoms with Crippen molar-refractivity contribution >= 4 is 18.2 Å². The fraction of sp³-hybridized carbons (Fsp3) is 0.594. The summed E-state index contributed by atoms with van der Waals surface area (Å²) in [5.74, 6) is 1.10. The highest BCUT2D eigenvalue weighted by Crippen LogP contribution is 2.55. The number of carbonyl (C=O) groups excluding carboxylic acids is 3. The fourth-order valence-corrected chi connectivity index (χ4v) is 6.68. The Labute approximate surface area is 244 Å². The highest BCUT2D eigenvalue weighted by Gasteiger charge is 2.57. The first-order valence-electron chi connectivity index (χ1n) is 14.5. The number of nitrogens with one attached hydrogen (secondary N) is 1. The van der Waals surface area contributed by atoms with Gasteiger partial charge in [0.2, 0.25) is 0 Å². The molecule has 1 aliphatic carbocycles. The quantitative estimate of drug-likeness (QED) is 0.369. The van der Waals surface area contributed by atoms with E-state index in [0.717, 1.165) is 28.2 Å². The molecule has 1 saturated carbocycles. The van der Waals surface area contributed by atoms with E-state index in [-0.39, 0.29) is 43.7 Å². The Morgan fingerprint density at radius 1 is 1.10 bits per heavy atom. The lowest BCUT2D eigenvalue weighted by Gasteiger charge is -2.44. The molecule has 2 saturated heterocycles. The Balaban J connectivity index is 1.83. The molecule has 3 aliphatic rings. The normalized spacial score (nSPS) is 31.1. The van der Waals surface area contributed by atoms with E-state index in [1.165, 1.54) is 18.2 Å². The first kappa shape index (κ1) is 32.3. The van der Waals surface area contributed by atoms with Crippen molar-refractivity contribution in [3.8, 4) is 0 Å². The van der Waals surface area contributed by atoms with Gasteiger partial charge in [-0.2, -0.15) is 0 Å². The van der Waals surface area contributed by atoms with Gasteiger partial charge in [-0.1, -0.05) is 50.8 Å². The topological polar surface area (TPSA) is 108 Å². The lowest BCUT2D eigenvalue weighted by molar-refractivity contribution is -0.117. The van der Waals surface area contributed by atoms with E-state index in [4.69, 9.17) is 9.47 Å². The van der Waals surface area contributed by atoms with Crippen molar-refractivity contribution in [3.63, 3.8) is 0 Å². The molecule has 3 rings (SSSR count). The largest absolute Gasteiger partial charge is 0.441 e. The maximum Gasteiger partial charge on any atom is 0.418 e. The minimum atomic E-state index is -1.17. The average Bonchev–Trinajstić information content (AvgIpc) is 3.32. The summed E-state index contributed by atoms with van der Waals surface area (Å²) < 4.78 is 12.5. The third-order valence-electron chi connectivity index (χ3n) is 8.74. The standard InChI is InChI=1S/C32H47N3O6/c1-9-16-33-29(36)34(17-10-2)30(37)35(18-11-3)31(38)41-24-14-15-32(8,39)28-27-23(20(4)5)13-12-21(6)26(27)25(40-28)19-22(24)7/h9-11,20,23-28,39H,1-3,6-7,12-19H2,4-5,8H3,(H,33,36)/t23-,24+,25-,26-,27-,28-,32-/m1/s1. The van der Waals surface area contributed by atoms with Crippen molar-refractivity contribution in [3.05, 3.63) is 62.3 Å². The molecule has 2 heterocycles. The summed E-state index contributed by atoms with van der Waals surface area (Å²) in [7, 11) is 0. The second-order valence-electron chi connectivity index (χ2n) is 12.0. The van der Waals surface area contributed by atoms with E-state index in [2.05, 4.69) is 52.1 Å². The molecule has 0 aromatic carbocycles. The van der Waals surface area contributed by atoms with E-state index in [9.17, 15) is 19.5 Å². The molecule has 41 heavy (non-hydrogen) atoms. The van der Waals surface area contributed by atoms with Crippen LogP contribution in [0, 0.1) is 23.7 Å². The van der Waals surface area contributed by atoms with Crippen LogP contribution in [-0.2, 0) is 9.47 Å². The molecule has 0 spiro atoms. The number of amides is 5. The molecule has 2 bridgehead atoms. The van der Waals surface area contributed by atoms with Crippen LogP contribution in [0.1, 0.15) is 52.9 Å². The number of ether oxygens (including phenoxy) is 2. The van der Waals surface area contributed by atoms with Crippen LogP contribution in [0.5, 0.6) is 0 Å². The molecule has 226 valence electrons. The first-order valence-corrected chi connectivity index (χ1v) is 14.5. The zero-order chi connectivity index (χ0) is 30.5. The Hall–Kier alpha value is -3.17. The third kappa shape index (κ3) is 7.01. The number of imide groups is 2. The molecule has 2 aliphatic heterocycles. The molecular weight excluding hydrogens is 522 g/mol. The Morgan fingerprint density at radius 2 is 1.76 bits per heavy atom. The fourth-order valence-electron chi connectivity index (χ4n) is 6.68. The molecule has 5 amide bonds. The van der Waals surface area contributed by atoms with Crippen LogP contribution in [0.4, 0.5) is 14.4 Å². The van der Waals surface area contributed by atoms with Gasteiger partial charge in [-0.25, -0.2) is 24.2 Å². The molecule has 9 heteroatoms. The first-order chi connectivity index (χ1) is 19.4. The van der Waals surface area contributed by atoms with Gasteiger partial charge in [-0.15, -0.1) is 19.7 Å². The summed E-state index contributed by atoms with van der Waals surface area (Å²) in [4.78, 5) is 41.0. The number of rotatable bonds is 8. The van der Waals surface area contributed by atoms with Crippen molar-refractivity contribution in [1.82, 2.24) is 15.1 Å². The molecule has 0 radical (unpaired) electrons. The van der Waals surface area contributed by atoms with E-state index < -0.39 is 29.9 Å². The number of hydrogen-bond acceptors (Lipinski definition) is 6. The monoisotopic (exact) mass is 569 g/mol. The Morgan fingerprint density at radius 3 is 2.37 bits per heavy atom. The summed E-state index contributed by atoms with van der Waals surface area (Å²) >= 11 is 0. The maximum absolute atomic E-state index is 13.4. The summed E-state index contributed by atoms with van der Waals surface area (Å²) in [5.41, 5.74) is 0.618. The van der Waals surface area contributed by atoms with Crippen LogP contribution >= 0.6 is 0 Å². The van der Waals surface area contributed by atoms with Crippen LogP contribution < -0.4 is 5.32 Å². The Kier molecular flexibility index (Phi) is 10.8. The summed E-state index contributed by atoms with van der Waals surface area (Å²) in [6.07, 6.45) is 4.94. The maximum atomic E-state index is 13.4. The SMILES string of the molecule is C=CCNC(=O)N(CC=C)C(=O)N(CC=C)C(=O)O[C@H]1CC[C@@](C)(O)[C@@H]2O[C@H](CC1=C)[C@H]1C(=C)CC[C@H](C(C)C)[C@H]12. The molecule has 3 fully saturated rings. The molecule has 2 N–H and O–H groups in total. The van der Waals surface area contributed by atoms with Gasteiger partial charge < -0.3 is 19.9 Å². The molecule has 7 atom stereocenters. The minimum absolute atomic E-state index is 0.0826. The lowest BCUT2D eigenvalue weighted by Crippen LogP contribution is -2.52. The number of urea groups is 2. The van der Waals surface area contributed by atoms with E-state index in [1.807, 2.05) is 0 Å². The van der Waals surface area contributed by atoms with E-state index >= 15 is 0 Å². The summed E-state index contributed by atoms with van der Waals surface area (Å²) in [6, 6.07) is -1.57. The zero-order valence-electron chi connectivity index (χ0n) is 24.8. The van der Waals surface area contributed by atoms with Gasteiger partial charge in [0.25, 0.3) is 0 Å². The molecular formula is C32H47N3O6. The highest BCUT2D eigenvalue weighted by molar-refractivity contribution is 6.00. The second-order valence-corrected chi connectivity index (χ2v) is 12.0.